The van der Waals surface area contributed by atoms with E-state index in [0.717, 1.165) is 41.3 Å². The largest absolute Gasteiger partial charge is 0.495 e. The second-order valence-electron chi connectivity index (χ2n) is 13.4. The summed E-state index contributed by atoms with van der Waals surface area (Å²) in [6, 6.07) is 10.1. The number of methoxy groups -OCH3 is 1. The van der Waals surface area contributed by atoms with Crippen LogP contribution in [0.15, 0.2) is 52.6 Å². The molecule has 0 fully saturated rings. The summed E-state index contributed by atoms with van der Waals surface area (Å²) in [6.45, 7) is 13.5. The molecular weight excluding hydrogens is 666 g/mol. The first-order valence-electron chi connectivity index (χ1n) is 17.5. The molecule has 2 aromatic carbocycles. The van der Waals surface area contributed by atoms with Crippen LogP contribution in [-0.2, 0) is 4.84 Å². The smallest absolute Gasteiger partial charge is 0.149 e. The zero-order chi connectivity index (χ0) is 37.9. The predicted molar refractivity (Wildman–Crippen MR) is 202 cm³/mol. The minimum Gasteiger partial charge on any atom is -0.495 e. The zero-order valence-electron chi connectivity index (χ0n) is 31.0. The summed E-state index contributed by atoms with van der Waals surface area (Å²) < 4.78 is 41.9. The fourth-order valence-electron chi connectivity index (χ4n) is 6.10. The van der Waals surface area contributed by atoms with Crippen molar-refractivity contribution in [3.63, 3.8) is 0 Å². The van der Waals surface area contributed by atoms with E-state index in [9.17, 15) is 4.39 Å². The number of hydrogen-bond donors (Lipinski definition) is 4. The molecule has 0 saturated heterocycles. The molecule has 3 aromatic rings. The molecule has 3 heterocycles. The highest BCUT2D eigenvalue weighted by Gasteiger charge is 2.32. The van der Waals surface area contributed by atoms with Gasteiger partial charge in [0.2, 0.25) is 0 Å². The Morgan fingerprint density at radius 1 is 1.15 bits per heavy atom. The molecule has 1 aromatic heterocycles. The van der Waals surface area contributed by atoms with Crippen LogP contribution in [0.5, 0.6) is 11.5 Å². The Kier molecular flexibility index (Phi) is 14.1. The molecule has 12 heteroatoms. The molecule has 0 aliphatic carbocycles. The summed E-state index contributed by atoms with van der Waals surface area (Å²) in [5, 5.41) is 7.39. The molecule has 0 amide bonds. The summed E-state index contributed by atoms with van der Waals surface area (Å²) >= 11 is 0. The third-order valence-corrected chi connectivity index (χ3v) is 9.02. The van der Waals surface area contributed by atoms with E-state index in [0.29, 0.717) is 53.8 Å². The van der Waals surface area contributed by atoms with E-state index < -0.39 is 11.6 Å². The van der Waals surface area contributed by atoms with Crippen LogP contribution in [0.3, 0.4) is 0 Å². The maximum atomic E-state index is 15.5. The second-order valence-corrected chi connectivity index (χ2v) is 13.4. The number of hydrogen-bond acceptors (Lipinski definition) is 10. The highest BCUT2D eigenvalue weighted by atomic mass is 19.1. The van der Waals surface area contributed by atoms with Gasteiger partial charge in [-0.25, -0.2) is 19.2 Å². The monoisotopic (exact) mass is 716 g/mol. The number of hydroxylamine groups is 1. The third-order valence-electron chi connectivity index (χ3n) is 9.02. The number of fused-ring (bicyclic) bond motifs is 1. The molecular formula is C40H50F2N6O4. The quantitative estimate of drug-likeness (QED) is 0.0463. The van der Waals surface area contributed by atoms with E-state index in [1.54, 1.807) is 25.4 Å². The van der Waals surface area contributed by atoms with Crippen LogP contribution in [0.1, 0.15) is 106 Å². The molecule has 5 rings (SSSR count). The molecule has 52 heavy (non-hydrogen) atoms. The van der Waals surface area contributed by atoms with E-state index in [1.807, 2.05) is 45.2 Å². The number of anilines is 1. The number of ether oxygens (including phenoxy) is 2. The van der Waals surface area contributed by atoms with Crippen LogP contribution in [0.4, 0.5) is 14.5 Å². The number of aliphatic hydroxyl groups excluding tert-OH is 1. The van der Waals surface area contributed by atoms with Crippen LogP contribution in [0.25, 0.3) is 11.3 Å². The van der Waals surface area contributed by atoms with Gasteiger partial charge in [0.05, 0.1) is 31.0 Å². The van der Waals surface area contributed by atoms with Crippen LogP contribution in [0.2, 0.25) is 0 Å². The van der Waals surface area contributed by atoms with Crippen molar-refractivity contribution < 1.29 is 28.2 Å². The number of aliphatic hydroxyl groups is 1. The van der Waals surface area contributed by atoms with Gasteiger partial charge in [-0.2, -0.15) is 0 Å². The minimum absolute atomic E-state index is 0.0705. The third kappa shape index (κ3) is 9.46. The summed E-state index contributed by atoms with van der Waals surface area (Å²) in [5.74, 6) is -0.237. The molecule has 6 N–H and O–H groups in total. The highest BCUT2D eigenvalue weighted by Crippen LogP contribution is 2.44. The summed E-state index contributed by atoms with van der Waals surface area (Å²) in [7, 11) is 1.59. The highest BCUT2D eigenvalue weighted by molar-refractivity contribution is 5.92. The minimum atomic E-state index is -0.677. The number of benzene rings is 2. The number of nitrogen functional groups attached to an aromatic ring is 1. The maximum absolute atomic E-state index is 15.5. The summed E-state index contributed by atoms with van der Waals surface area (Å²) in [6.07, 6.45) is 8.43. The van der Waals surface area contributed by atoms with Gasteiger partial charge in [-0.3, -0.25) is 14.8 Å². The lowest BCUT2D eigenvalue weighted by Crippen LogP contribution is -2.30. The van der Waals surface area contributed by atoms with Crippen molar-refractivity contribution in [1.82, 2.24) is 10.5 Å². The fourth-order valence-corrected chi connectivity index (χ4v) is 6.10. The first-order valence-corrected chi connectivity index (χ1v) is 17.5. The molecule has 10 nitrogen and oxygen atoms in total. The molecule has 0 spiro atoms. The lowest BCUT2D eigenvalue weighted by Gasteiger charge is -2.25. The van der Waals surface area contributed by atoms with Crippen molar-refractivity contribution in [2.24, 2.45) is 21.6 Å². The van der Waals surface area contributed by atoms with Gasteiger partial charge < -0.3 is 26.0 Å². The van der Waals surface area contributed by atoms with Crippen LogP contribution >= 0.6 is 0 Å². The molecule has 278 valence electrons. The Morgan fingerprint density at radius 2 is 1.90 bits per heavy atom. The van der Waals surface area contributed by atoms with Crippen molar-refractivity contribution in [3.05, 3.63) is 82.2 Å². The van der Waals surface area contributed by atoms with Gasteiger partial charge in [0.15, 0.2) is 0 Å². The molecule has 2 aliphatic heterocycles. The van der Waals surface area contributed by atoms with Gasteiger partial charge in [-0.05, 0) is 67.0 Å². The molecule has 4 atom stereocenters. The molecule has 0 bridgehead atoms. The number of rotatable bonds is 13. The fraction of sp³-hybridized carbons (Fsp3) is 0.425. The van der Waals surface area contributed by atoms with E-state index in [4.69, 9.17) is 35.1 Å². The normalized spacial score (nSPS) is 17.4. The first kappa shape index (κ1) is 39.8. The van der Waals surface area contributed by atoms with E-state index >= 15 is 4.39 Å². The topological polar surface area (TPSA) is 150 Å². The Bertz CT molecular complexity index is 1860. The lowest BCUT2D eigenvalue weighted by atomic mass is 9.88. The number of nitrogens with zero attached hydrogens (tertiary/aromatic N) is 3. The van der Waals surface area contributed by atoms with Crippen molar-refractivity contribution >= 4 is 17.6 Å². The summed E-state index contributed by atoms with van der Waals surface area (Å²) in [5.41, 5.74) is 19.7. The van der Waals surface area contributed by atoms with Crippen molar-refractivity contribution in [2.75, 3.05) is 32.5 Å². The van der Waals surface area contributed by atoms with E-state index in [-0.39, 0.29) is 35.3 Å². The Morgan fingerprint density at radius 3 is 2.56 bits per heavy atom. The van der Waals surface area contributed by atoms with Gasteiger partial charge in [-0.15, -0.1) is 0 Å². The average Bonchev–Trinajstić information content (AvgIpc) is 3.50. The van der Waals surface area contributed by atoms with Crippen LogP contribution in [-0.4, -0.2) is 48.8 Å². The van der Waals surface area contributed by atoms with Gasteiger partial charge >= 0.3 is 0 Å². The van der Waals surface area contributed by atoms with Gasteiger partial charge in [0, 0.05) is 65.9 Å². The number of pyridine rings is 1. The van der Waals surface area contributed by atoms with Crippen LogP contribution < -0.4 is 26.4 Å². The van der Waals surface area contributed by atoms with E-state index in [2.05, 4.69) is 43.1 Å². The molecule has 0 saturated carbocycles. The Balaban J connectivity index is 0.00000144. The van der Waals surface area contributed by atoms with Crippen molar-refractivity contribution in [1.29, 1.82) is 0 Å². The predicted octanol–water partition coefficient (Wildman–Crippen LogP) is 7.66. The number of halogens is 2. The lowest BCUT2D eigenvalue weighted by molar-refractivity contribution is -0.0169. The standard InChI is InChI=1S/C38H47F2N5O3.C2H3NO/c1-8-10-42-18-26-13-25(14-35(46-7)36(26)41)24(6)48-44-19-30(33-12-22(4)9-11-43-33)34-16-28-23(5)20-47-38(28)37(45-34)29-15-27(21(2)3)31(39)17-32(29)40;3-1-2-4/h9,11,13-18,21-24,30,44H,8,10,12,19-20,41H2,1-7H3;4H,3H2. The van der Waals surface area contributed by atoms with Crippen molar-refractivity contribution in [3.8, 4) is 34.9 Å². The number of nitrogens with one attached hydrogen (secondary N) is 1. The second kappa shape index (κ2) is 18.5. The number of aromatic nitrogens is 1. The zero-order valence-corrected chi connectivity index (χ0v) is 31.0. The SMILES string of the molecule is CCCN=Cc1cc(C(C)ONCC(C2=NC=CC(C)C2)c2cc3c(c(-c4cc(C(C)C)c(F)cc4F)n2)OCC3C)cc(OC)c1N.NC#CO. The Hall–Kier alpha value is -4.99. The van der Waals surface area contributed by atoms with Gasteiger partial charge in [-0.1, -0.05) is 40.7 Å². The molecule has 2 aliphatic rings. The van der Waals surface area contributed by atoms with E-state index in [1.165, 1.54) is 6.11 Å². The first-order chi connectivity index (χ1) is 24.9. The summed E-state index contributed by atoms with van der Waals surface area (Å²) in [4.78, 5) is 20.5. The number of allylic oxidation sites excluding steroid dienone is 1. The van der Waals surface area contributed by atoms with Crippen LogP contribution in [0, 0.1) is 29.7 Å². The number of nitrogens with two attached hydrogens (primary N) is 2. The molecule has 0 radical (unpaired) electrons. The Labute approximate surface area is 305 Å². The van der Waals surface area contributed by atoms with Gasteiger partial charge in [0.25, 0.3) is 0 Å². The number of aliphatic imine (C=N–C) groups is 2. The molecule has 4 unspecified atom stereocenters. The van der Waals surface area contributed by atoms with Crippen molar-refractivity contribution in [2.45, 2.75) is 78.2 Å². The maximum Gasteiger partial charge on any atom is 0.149 e. The van der Waals surface area contributed by atoms with Gasteiger partial charge in [0.1, 0.15) is 41.0 Å². The average molecular weight is 717 g/mol.